The molecule has 0 saturated heterocycles. The second-order valence-corrected chi connectivity index (χ2v) is 2.54. The smallest absolute Gasteiger partial charge is 0.354 e. The van der Waals surface area contributed by atoms with Gasteiger partial charge in [-0.05, 0) is 18.6 Å². The number of hydrogen-bond acceptors (Lipinski definition) is 3. The Kier molecular flexibility index (Phi) is 2.36. The Hall–Kier alpha value is -1.78. The van der Waals surface area contributed by atoms with E-state index in [2.05, 4.69) is 9.72 Å². The summed E-state index contributed by atoms with van der Waals surface area (Å²) < 4.78 is 4.45. The van der Waals surface area contributed by atoms with Crippen molar-refractivity contribution in [3.63, 3.8) is 0 Å². The van der Waals surface area contributed by atoms with Gasteiger partial charge in [0.15, 0.2) is 0 Å². The van der Waals surface area contributed by atoms with Gasteiger partial charge in [0.25, 0.3) is 0 Å². The Morgan fingerprint density at radius 2 is 2.15 bits per heavy atom. The maximum absolute atomic E-state index is 11.0. The molecule has 0 aliphatic carbocycles. The summed E-state index contributed by atoms with van der Waals surface area (Å²) in [5, 5.41) is 8.59. The van der Waals surface area contributed by atoms with Crippen LogP contribution in [0.1, 0.15) is 26.5 Å². The fraction of sp³-hybridized carbons (Fsp3) is 0.250. The number of aromatic carboxylic acids is 1. The van der Waals surface area contributed by atoms with Crippen molar-refractivity contribution < 1.29 is 19.4 Å². The zero-order valence-electron chi connectivity index (χ0n) is 7.25. The van der Waals surface area contributed by atoms with E-state index in [4.69, 9.17) is 5.11 Å². The third kappa shape index (κ3) is 1.69. The number of aromatic amines is 1. The number of aryl methyl sites for hydroxylation is 1. The molecule has 2 N–H and O–H groups in total. The molecule has 0 aliphatic rings. The number of nitrogens with one attached hydrogen (secondary N) is 1. The topological polar surface area (TPSA) is 79.4 Å². The van der Waals surface area contributed by atoms with Crippen LogP contribution in [-0.2, 0) is 4.74 Å². The summed E-state index contributed by atoms with van der Waals surface area (Å²) in [6.07, 6.45) is 0. The Bertz CT molecular complexity index is 353. The number of esters is 1. The number of hydrogen-bond donors (Lipinski definition) is 2. The van der Waals surface area contributed by atoms with Gasteiger partial charge in [0.05, 0.1) is 7.11 Å². The van der Waals surface area contributed by atoms with Gasteiger partial charge in [0, 0.05) is 0 Å². The van der Waals surface area contributed by atoms with Crippen LogP contribution in [-0.4, -0.2) is 29.1 Å². The van der Waals surface area contributed by atoms with Crippen molar-refractivity contribution in [1.82, 2.24) is 4.98 Å². The average molecular weight is 183 g/mol. The molecule has 70 valence electrons. The van der Waals surface area contributed by atoms with Crippen LogP contribution in [0.25, 0.3) is 0 Å². The monoisotopic (exact) mass is 183 g/mol. The van der Waals surface area contributed by atoms with E-state index >= 15 is 0 Å². The van der Waals surface area contributed by atoms with E-state index in [9.17, 15) is 9.59 Å². The van der Waals surface area contributed by atoms with Crippen molar-refractivity contribution in [3.8, 4) is 0 Å². The Morgan fingerprint density at radius 1 is 1.54 bits per heavy atom. The van der Waals surface area contributed by atoms with Crippen LogP contribution in [0.3, 0.4) is 0 Å². The number of rotatable bonds is 2. The van der Waals surface area contributed by atoms with Crippen molar-refractivity contribution in [1.29, 1.82) is 0 Å². The van der Waals surface area contributed by atoms with Gasteiger partial charge >= 0.3 is 11.9 Å². The Morgan fingerprint density at radius 3 is 2.54 bits per heavy atom. The van der Waals surface area contributed by atoms with E-state index in [1.165, 1.54) is 13.2 Å². The highest BCUT2D eigenvalue weighted by atomic mass is 16.5. The molecule has 13 heavy (non-hydrogen) atoms. The van der Waals surface area contributed by atoms with Gasteiger partial charge in [-0.25, -0.2) is 9.59 Å². The SMILES string of the molecule is COC(=O)c1[nH]c(C(=O)O)cc1C. The molecule has 0 aromatic carbocycles. The fourth-order valence-electron chi connectivity index (χ4n) is 0.987. The van der Waals surface area contributed by atoms with E-state index in [0.29, 0.717) is 5.56 Å². The molecule has 1 aromatic heterocycles. The molecule has 0 radical (unpaired) electrons. The van der Waals surface area contributed by atoms with Crippen molar-refractivity contribution in [2.24, 2.45) is 0 Å². The molecule has 0 amide bonds. The van der Waals surface area contributed by atoms with Crippen LogP contribution in [0.15, 0.2) is 6.07 Å². The highest BCUT2D eigenvalue weighted by molar-refractivity contribution is 5.93. The normalized spacial score (nSPS) is 9.69. The Labute approximate surface area is 74.3 Å². The molecule has 0 atom stereocenters. The first kappa shape index (κ1) is 9.31. The van der Waals surface area contributed by atoms with Crippen LogP contribution in [0.2, 0.25) is 0 Å². The van der Waals surface area contributed by atoms with E-state index in [1.807, 2.05) is 0 Å². The van der Waals surface area contributed by atoms with Crippen molar-refractivity contribution in [3.05, 3.63) is 23.0 Å². The maximum Gasteiger partial charge on any atom is 0.354 e. The van der Waals surface area contributed by atoms with Gasteiger partial charge in [-0.1, -0.05) is 0 Å². The number of carboxylic acids is 1. The van der Waals surface area contributed by atoms with Gasteiger partial charge in [-0.2, -0.15) is 0 Å². The van der Waals surface area contributed by atoms with E-state index in [0.717, 1.165) is 0 Å². The molecule has 0 fully saturated rings. The summed E-state index contributed by atoms with van der Waals surface area (Å²) in [6.45, 7) is 1.63. The highest BCUT2D eigenvalue weighted by Gasteiger charge is 2.15. The third-order valence-corrected chi connectivity index (χ3v) is 1.63. The number of H-pyrrole nitrogens is 1. The second kappa shape index (κ2) is 3.30. The molecule has 1 heterocycles. The zero-order chi connectivity index (χ0) is 10.0. The van der Waals surface area contributed by atoms with Gasteiger partial charge < -0.3 is 14.8 Å². The molecule has 0 saturated carbocycles. The molecular weight excluding hydrogens is 174 g/mol. The quantitative estimate of drug-likeness (QED) is 0.665. The van der Waals surface area contributed by atoms with Crippen molar-refractivity contribution >= 4 is 11.9 Å². The minimum Gasteiger partial charge on any atom is -0.477 e. The van der Waals surface area contributed by atoms with Gasteiger partial charge in [-0.3, -0.25) is 0 Å². The molecule has 0 aliphatic heterocycles. The molecule has 0 bridgehead atoms. The van der Waals surface area contributed by atoms with E-state index in [-0.39, 0.29) is 11.4 Å². The predicted octanol–water partition coefficient (Wildman–Crippen LogP) is 0.808. The average Bonchev–Trinajstić information content (AvgIpc) is 2.46. The lowest BCUT2D eigenvalue weighted by molar-refractivity contribution is 0.0594. The Balaban J connectivity index is 3.10. The summed E-state index contributed by atoms with van der Waals surface area (Å²) in [4.78, 5) is 24.0. The van der Waals surface area contributed by atoms with E-state index < -0.39 is 11.9 Å². The predicted molar refractivity (Wildman–Crippen MR) is 43.8 cm³/mol. The van der Waals surface area contributed by atoms with Crippen LogP contribution >= 0.6 is 0 Å². The molecule has 0 spiro atoms. The fourth-order valence-corrected chi connectivity index (χ4v) is 0.987. The third-order valence-electron chi connectivity index (χ3n) is 1.63. The van der Waals surface area contributed by atoms with Crippen LogP contribution in [0.5, 0.6) is 0 Å². The summed E-state index contributed by atoms with van der Waals surface area (Å²) in [5.41, 5.74) is 0.724. The van der Waals surface area contributed by atoms with Crippen LogP contribution in [0, 0.1) is 6.92 Å². The zero-order valence-corrected chi connectivity index (χ0v) is 7.25. The van der Waals surface area contributed by atoms with Crippen LogP contribution < -0.4 is 0 Å². The minimum absolute atomic E-state index is 0.0158. The number of ether oxygens (including phenoxy) is 1. The number of carbonyl (C=O) groups is 2. The molecule has 5 heteroatoms. The lowest BCUT2D eigenvalue weighted by Gasteiger charge is -1.95. The minimum atomic E-state index is -1.10. The van der Waals surface area contributed by atoms with Crippen molar-refractivity contribution in [2.45, 2.75) is 6.92 Å². The molecule has 1 aromatic rings. The molecule has 5 nitrogen and oxygen atoms in total. The first-order valence-corrected chi connectivity index (χ1v) is 3.57. The van der Waals surface area contributed by atoms with Gasteiger partial charge in [0.1, 0.15) is 11.4 Å². The largest absolute Gasteiger partial charge is 0.477 e. The number of methoxy groups -OCH3 is 1. The number of carboxylic acid groups (broad SMARTS) is 1. The maximum atomic E-state index is 11.0. The van der Waals surface area contributed by atoms with Crippen LogP contribution in [0.4, 0.5) is 0 Å². The summed E-state index contributed by atoms with van der Waals surface area (Å²) in [5.74, 6) is -1.66. The first-order chi connectivity index (χ1) is 6.06. The number of carbonyl (C=O) groups excluding carboxylic acids is 1. The summed E-state index contributed by atoms with van der Waals surface area (Å²) in [6, 6.07) is 1.38. The molecular formula is C8H9NO4. The number of aromatic nitrogens is 1. The molecule has 0 unspecified atom stereocenters. The van der Waals surface area contributed by atoms with Crippen molar-refractivity contribution in [2.75, 3.05) is 7.11 Å². The van der Waals surface area contributed by atoms with E-state index in [1.54, 1.807) is 6.92 Å². The highest BCUT2D eigenvalue weighted by Crippen LogP contribution is 2.10. The van der Waals surface area contributed by atoms with Gasteiger partial charge in [0.2, 0.25) is 0 Å². The summed E-state index contributed by atoms with van der Waals surface area (Å²) in [7, 11) is 1.24. The summed E-state index contributed by atoms with van der Waals surface area (Å²) >= 11 is 0. The molecule has 1 rings (SSSR count). The van der Waals surface area contributed by atoms with Gasteiger partial charge in [-0.15, -0.1) is 0 Å². The standard InChI is InChI=1S/C8H9NO4/c1-4-3-5(7(10)11)9-6(4)8(12)13-2/h3,9H,1-2H3,(H,10,11). The first-order valence-electron chi connectivity index (χ1n) is 3.57. The lowest BCUT2D eigenvalue weighted by atomic mass is 10.2. The second-order valence-electron chi connectivity index (χ2n) is 2.54. The lowest BCUT2D eigenvalue weighted by Crippen LogP contribution is -2.04.